The van der Waals surface area contributed by atoms with Gasteiger partial charge in [0.25, 0.3) is 0 Å². The first-order valence-corrected chi connectivity index (χ1v) is 10.8. The molecule has 0 saturated carbocycles. The van der Waals surface area contributed by atoms with E-state index in [1.165, 1.54) is 4.88 Å². The molecule has 0 radical (unpaired) electrons. The number of anilines is 2. The summed E-state index contributed by atoms with van der Waals surface area (Å²) in [5, 5.41) is 7.05. The van der Waals surface area contributed by atoms with E-state index < -0.39 is 0 Å². The zero-order chi connectivity index (χ0) is 19.9. The number of benzene rings is 1. The van der Waals surface area contributed by atoms with Crippen LogP contribution in [0.2, 0.25) is 0 Å². The molecule has 1 aliphatic heterocycles. The Hall–Kier alpha value is -1.96. The maximum absolute atomic E-state index is 12.2. The van der Waals surface area contributed by atoms with Crippen molar-refractivity contribution in [2.24, 2.45) is 0 Å². The normalized spacial score (nSPS) is 15.7. The topological polar surface area (TPSA) is 60.5 Å². The van der Waals surface area contributed by atoms with Crippen LogP contribution >= 0.6 is 11.3 Å². The Morgan fingerprint density at radius 3 is 2.54 bits per heavy atom. The van der Waals surface area contributed by atoms with Gasteiger partial charge in [0.2, 0.25) is 5.91 Å². The molecule has 0 bridgehead atoms. The second-order valence-corrected chi connectivity index (χ2v) is 8.78. The number of thiazole rings is 1. The molecule has 6 nitrogen and oxygen atoms in total. The van der Waals surface area contributed by atoms with E-state index in [1.54, 1.807) is 11.3 Å². The van der Waals surface area contributed by atoms with Gasteiger partial charge in [-0.05, 0) is 30.7 Å². The van der Waals surface area contributed by atoms with Crippen molar-refractivity contribution in [3.8, 4) is 0 Å². The fourth-order valence-corrected chi connectivity index (χ4v) is 3.97. The first kappa shape index (κ1) is 20.8. The van der Waals surface area contributed by atoms with E-state index in [0.29, 0.717) is 17.5 Å². The van der Waals surface area contributed by atoms with E-state index in [4.69, 9.17) is 0 Å². The number of nitrogens with zero attached hydrogens (tertiary/aromatic N) is 3. The molecule has 0 unspecified atom stereocenters. The summed E-state index contributed by atoms with van der Waals surface area (Å²) in [6, 6.07) is 8.12. The Morgan fingerprint density at radius 2 is 1.89 bits per heavy atom. The van der Waals surface area contributed by atoms with E-state index >= 15 is 0 Å². The highest BCUT2D eigenvalue weighted by Gasteiger charge is 2.13. The van der Waals surface area contributed by atoms with Crippen molar-refractivity contribution in [3.05, 3.63) is 40.9 Å². The monoisotopic (exact) mass is 401 g/mol. The molecule has 0 atom stereocenters. The van der Waals surface area contributed by atoms with Gasteiger partial charge in [-0.15, -0.1) is 11.3 Å². The molecule has 2 heterocycles. The van der Waals surface area contributed by atoms with Gasteiger partial charge < -0.3 is 15.5 Å². The van der Waals surface area contributed by atoms with Crippen molar-refractivity contribution in [3.63, 3.8) is 0 Å². The second-order valence-electron chi connectivity index (χ2n) is 7.72. The van der Waals surface area contributed by atoms with Gasteiger partial charge in [-0.25, -0.2) is 4.98 Å². The quantitative estimate of drug-likeness (QED) is 0.712. The molecular formula is C21H31N5OS. The molecule has 1 aromatic heterocycles. The minimum atomic E-state index is -0.0274. The summed E-state index contributed by atoms with van der Waals surface area (Å²) in [7, 11) is 2.18. The van der Waals surface area contributed by atoms with Gasteiger partial charge in [-0.2, -0.15) is 0 Å². The van der Waals surface area contributed by atoms with Crippen molar-refractivity contribution < 1.29 is 4.79 Å². The minimum absolute atomic E-state index is 0.0274. The highest BCUT2D eigenvalue weighted by atomic mass is 32.1. The number of nitrogens with one attached hydrogen (secondary N) is 2. The summed E-state index contributed by atoms with van der Waals surface area (Å²) in [6.45, 7) is 10.8. The number of carbonyl (C=O) groups is 1. The van der Waals surface area contributed by atoms with Gasteiger partial charge in [0.1, 0.15) is 0 Å². The molecule has 1 fully saturated rings. The SMILES string of the molecule is CC(C)c1cnc(NC(=O)Cc2ccc(NCCN3CCN(C)CC3)cc2)s1. The minimum Gasteiger partial charge on any atom is -0.384 e. The smallest absolute Gasteiger partial charge is 0.230 e. The van der Waals surface area contributed by atoms with Crippen LogP contribution in [0.4, 0.5) is 10.8 Å². The number of carbonyl (C=O) groups excluding carboxylic acids is 1. The van der Waals surface area contributed by atoms with Crippen molar-refractivity contribution in [2.75, 3.05) is 56.9 Å². The number of hydrogen-bond donors (Lipinski definition) is 2. The van der Waals surface area contributed by atoms with Crippen LogP contribution in [-0.2, 0) is 11.2 Å². The summed E-state index contributed by atoms with van der Waals surface area (Å²) >= 11 is 1.54. The molecule has 0 aliphatic carbocycles. The summed E-state index contributed by atoms with van der Waals surface area (Å²) in [5.74, 6) is 0.403. The Morgan fingerprint density at radius 1 is 1.18 bits per heavy atom. The fourth-order valence-electron chi connectivity index (χ4n) is 3.13. The van der Waals surface area contributed by atoms with Gasteiger partial charge in [0.15, 0.2) is 5.13 Å². The summed E-state index contributed by atoms with van der Waals surface area (Å²) < 4.78 is 0. The van der Waals surface area contributed by atoms with Gasteiger partial charge in [-0.1, -0.05) is 26.0 Å². The van der Waals surface area contributed by atoms with E-state index in [9.17, 15) is 4.79 Å². The molecule has 1 aliphatic rings. The van der Waals surface area contributed by atoms with Crippen LogP contribution in [0, 0.1) is 0 Å². The maximum Gasteiger partial charge on any atom is 0.230 e. The van der Waals surface area contributed by atoms with E-state index in [1.807, 2.05) is 30.5 Å². The molecular weight excluding hydrogens is 370 g/mol. The first-order valence-electron chi connectivity index (χ1n) is 9.99. The highest BCUT2D eigenvalue weighted by molar-refractivity contribution is 7.15. The van der Waals surface area contributed by atoms with Crippen LogP contribution in [0.5, 0.6) is 0 Å². The van der Waals surface area contributed by atoms with Crippen LogP contribution in [-0.4, -0.2) is 67.0 Å². The zero-order valence-corrected chi connectivity index (χ0v) is 17.9. The van der Waals surface area contributed by atoms with E-state index in [0.717, 1.165) is 50.5 Å². The standard InChI is InChI=1S/C21H31N5OS/c1-16(2)19-15-23-21(28-19)24-20(27)14-17-4-6-18(7-5-17)22-8-9-26-12-10-25(3)11-13-26/h4-7,15-16,22H,8-14H2,1-3H3,(H,23,24,27). The number of aromatic nitrogens is 1. The molecule has 0 spiro atoms. The number of rotatable bonds is 8. The highest BCUT2D eigenvalue weighted by Crippen LogP contribution is 2.25. The number of likely N-dealkylation sites (N-methyl/N-ethyl adjacent to an activating group) is 1. The molecule has 1 amide bonds. The third-order valence-corrected chi connectivity index (χ3v) is 6.22. The van der Waals surface area contributed by atoms with Gasteiger partial charge in [-0.3, -0.25) is 9.69 Å². The Kier molecular flexibility index (Phi) is 7.42. The van der Waals surface area contributed by atoms with Crippen LogP contribution in [0.3, 0.4) is 0 Å². The van der Waals surface area contributed by atoms with Crippen LogP contribution in [0.15, 0.2) is 30.5 Å². The molecule has 7 heteroatoms. The Bertz CT molecular complexity index is 750. The number of hydrogen-bond acceptors (Lipinski definition) is 6. The molecule has 152 valence electrons. The van der Waals surface area contributed by atoms with E-state index in [2.05, 4.69) is 46.3 Å². The lowest BCUT2D eigenvalue weighted by Crippen LogP contribution is -2.45. The predicted octanol–water partition coefficient (Wildman–Crippen LogP) is 3.11. The third-order valence-electron chi connectivity index (χ3n) is 5.01. The van der Waals surface area contributed by atoms with Crippen molar-refractivity contribution >= 4 is 28.1 Å². The van der Waals surface area contributed by atoms with Crippen molar-refractivity contribution in [1.29, 1.82) is 0 Å². The predicted molar refractivity (Wildman–Crippen MR) is 117 cm³/mol. The Balaban J connectivity index is 1.40. The number of piperazine rings is 1. The second kappa shape index (κ2) is 10.0. The fraction of sp³-hybridized carbons (Fsp3) is 0.524. The van der Waals surface area contributed by atoms with E-state index in [-0.39, 0.29) is 5.91 Å². The first-order chi connectivity index (χ1) is 13.5. The van der Waals surface area contributed by atoms with Crippen LogP contribution < -0.4 is 10.6 Å². The average Bonchev–Trinajstić information content (AvgIpc) is 3.13. The number of amides is 1. The molecule has 2 N–H and O–H groups in total. The van der Waals surface area contributed by atoms with Crippen molar-refractivity contribution in [1.82, 2.24) is 14.8 Å². The lowest BCUT2D eigenvalue weighted by Gasteiger charge is -2.32. The molecule has 2 aromatic rings. The molecule has 1 saturated heterocycles. The van der Waals surface area contributed by atoms with Gasteiger partial charge in [0.05, 0.1) is 6.42 Å². The zero-order valence-electron chi connectivity index (χ0n) is 17.1. The largest absolute Gasteiger partial charge is 0.384 e. The summed E-state index contributed by atoms with van der Waals surface area (Å²) in [4.78, 5) is 22.6. The molecule has 3 rings (SSSR count). The van der Waals surface area contributed by atoms with Crippen LogP contribution in [0.25, 0.3) is 0 Å². The Labute approximate surface area is 172 Å². The van der Waals surface area contributed by atoms with Crippen molar-refractivity contribution in [2.45, 2.75) is 26.2 Å². The molecule has 1 aromatic carbocycles. The lowest BCUT2D eigenvalue weighted by atomic mass is 10.1. The third kappa shape index (κ3) is 6.29. The molecule has 28 heavy (non-hydrogen) atoms. The van der Waals surface area contributed by atoms with Crippen LogP contribution in [0.1, 0.15) is 30.2 Å². The maximum atomic E-state index is 12.2. The lowest BCUT2D eigenvalue weighted by molar-refractivity contribution is -0.115. The average molecular weight is 402 g/mol. The van der Waals surface area contributed by atoms with Gasteiger partial charge >= 0.3 is 0 Å². The van der Waals surface area contributed by atoms with Gasteiger partial charge in [0, 0.05) is 56.0 Å². The summed E-state index contributed by atoms with van der Waals surface area (Å²) in [6.07, 6.45) is 2.20. The summed E-state index contributed by atoms with van der Waals surface area (Å²) in [5.41, 5.74) is 2.10.